The molecule has 7 nitrogen and oxygen atoms in total. The number of carbonyl (C=O) groups is 1. The van der Waals surface area contributed by atoms with Crippen LogP contribution in [0.15, 0.2) is 30.6 Å². The van der Waals surface area contributed by atoms with Crippen LogP contribution in [0.3, 0.4) is 0 Å². The molecule has 5 atom stereocenters. The van der Waals surface area contributed by atoms with Gasteiger partial charge in [-0.05, 0) is 37.9 Å². The van der Waals surface area contributed by atoms with E-state index in [0.29, 0.717) is 23.0 Å². The Labute approximate surface area is 207 Å². The molecule has 0 aliphatic carbocycles. The number of benzene rings is 1. The van der Waals surface area contributed by atoms with Gasteiger partial charge in [-0.3, -0.25) is 9.69 Å². The average molecular weight is 504 g/mol. The van der Waals surface area contributed by atoms with Gasteiger partial charge < -0.3 is 15.0 Å². The highest BCUT2D eigenvalue weighted by molar-refractivity contribution is 6.30. The molecule has 5 rings (SSSR count). The molecule has 2 bridgehead atoms. The zero-order valence-corrected chi connectivity index (χ0v) is 20.2. The van der Waals surface area contributed by atoms with Gasteiger partial charge in [0.2, 0.25) is 0 Å². The number of amides is 1. The number of nitrogens with one attached hydrogen (secondary N) is 1. The number of nitrogens with zero attached hydrogens (tertiary/aromatic N) is 4. The molecule has 5 unspecified atom stereocenters. The Hall–Kier alpha value is -2.65. The van der Waals surface area contributed by atoms with E-state index in [-0.39, 0.29) is 36.5 Å². The predicted molar refractivity (Wildman–Crippen MR) is 128 cm³/mol. The quantitative estimate of drug-likeness (QED) is 0.637. The molecule has 0 radical (unpaired) electrons. The lowest BCUT2D eigenvalue weighted by atomic mass is 9.97. The van der Waals surface area contributed by atoms with Gasteiger partial charge in [0.25, 0.3) is 5.91 Å². The molecule has 1 aromatic carbocycles. The summed E-state index contributed by atoms with van der Waals surface area (Å²) in [6, 6.07) is 3.76. The first-order valence-corrected chi connectivity index (χ1v) is 12.4. The number of likely N-dealkylation sites (tertiary alicyclic amines) is 1. The Morgan fingerprint density at radius 2 is 2.06 bits per heavy atom. The van der Waals surface area contributed by atoms with Crippen molar-refractivity contribution in [1.29, 1.82) is 5.41 Å². The summed E-state index contributed by atoms with van der Waals surface area (Å²) < 4.78 is 35.7. The zero-order valence-electron chi connectivity index (χ0n) is 19.5. The van der Waals surface area contributed by atoms with Crippen LogP contribution in [0.25, 0.3) is 0 Å². The summed E-state index contributed by atoms with van der Waals surface area (Å²) in [6.07, 6.45) is 4.14. The number of carbonyl (C=O) groups excluding carboxylic acids is 1. The van der Waals surface area contributed by atoms with Crippen LogP contribution < -0.4 is 4.74 Å². The third kappa shape index (κ3) is 4.63. The van der Waals surface area contributed by atoms with Gasteiger partial charge in [-0.1, -0.05) is 18.5 Å². The molecule has 3 saturated heterocycles. The predicted octanol–water partition coefficient (Wildman–Crippen LogP) is 4.26. The summed E-state index contributed by atoms with van der Waals surface area (Å²) in [7, 11) is 0. The highest BCUT2D eigenvalue weighted by atomic mass is 35.5. The molecule has 2 aromatic rings. The van der Waals surface area contributed by atoms with Gasteiger partial charge in [-0.25, -0.2) is 18.7 Å². The fraction of sp³-hybridized carbons (Fsp3) is 0.520. The molecule has 10 heteroatoms. The van der Waals surface area contributed by atoms with E-state index in [1.165, 1.54) is 29.4 Å². The average Bonchev–Trinajstić information content (AvgIpc) is 3.37. The van der Waals surface area contributed by atoms with Crippen LogP contribution >= 0.6 is 11.6 Å². The summed E-state index contributed by atoms with van der Waals surface area (Å²) in [5.74, 6) is -0.943. The third-order valence-electron chi connectivity index (χ3n) is 7.28. The first-order valence-electron chi connectivity index (χ1n) is 12.1. The second-order valence-electron chi connectivity index (χ2n) is 9.54. The monoisotopic (exact) mass is 503 g/mol. The molecule has 0 spiro atoms. The maximum atomic E-state index is 15.4. The Kier molecular flexibility index (Phi) is 6.72. The highest BCUT2D eigenvalue weighted by Crippen LogP contribution is 2.40. The van der Waals surface area contributed by atoms with E-state index in [1.807, 2.05) is 0 Å². The number of fused-ring (bicyclic) bond motifs is 2. The van der Waals surface area contributed by atoms with E-state index in [4.69, 9.17) is 21.7 Å². The molecule has 3 aliphatic rings. The van der Waals surface area contributed by atoms with E-state index in [9.17, 15) is 9.18 Å². The summed E-state index contributed by atoms with van der Waals surface area (Å²) in [5, 5.41) is 8.74. The van der Waals surface area contributed by atoms with Crippen LogP contribution in [0.5, 0.6) is 5.75 Å². The van der Waals surface area contributed by atoms with Crippen molar-refractivity contribution in [1.82, 2.24) is 19.8 Å². The first kappa shape index (κ1) is 24.1. The Morgan fingerprint density at radius 1 is 1.29 bits per heavy atom. The molecule has 3 aliphatic heterocycles. The van der Waals surface area contributed by atoms with Crippen molar-refractivity contribution in [2.45, 2.75) is 62.9 Å². The number of piperidine rings is 1. The summed E-state index contributed by atoms with van der Waals surface area (Å²) in [5.41, 5.74) is 0.460. The summed E-state index contributed by atoms with van der Waals surface area (Å²) in [4.78, 5) is 25.5. The smallest absolute Gasteiger partial charge is 0.257 e. The highest BCUT2D eigenvalue weighted by Gasteiger charge is 2.48. The van der Waals surface area contributed by atoms with Crippen molar-refractivity contribution in [2.75, 3.05) is 19.6 Å². The van der Waals surface area contributed by atoms with E-state index in [2.05, 4.69) is 21.8 Å². The Bertz CT molecular complexity index is 1120. The molecule has 1 N–H and O–H groups in total. The van der Waals surface area contributed by atoms with Gasteiger partial charge >= 0.3 is 0 Å². The first-order chi connectivity index (χ1) is 16.9. The minimum atomic E-state index is -1.21. The van der Waals surface area contributed by atoms with Gasteiger partial charge in [-0.15, -0.1) is 0 Å². The molecular formula is C25H28ClF2N5O2. The fourth-order valence-corrected chi connectivity index (χ4v) is 5.73. The Balaban J connectivity index is 1.34. The number of aromatic nitrogens is 2. The number of hydrogen-bond acceptors (Lipinski definition) is 6. The van der Waals surface area contributed by atoms with Gasteiger partial charge in [0, 0.05) is 49.2 Å². The van der Waals surface area contributed by atoms with Gasteiger partial charge in [0.05, 0.1) is 23.0 Å². The van der Waals surface area contributed by atoms with Crippen molar-refractivity contribution >= 4 is 23.2 Å². The minimum absolute atomic E-state index is 0.0451. The number of hydrogen-bond donors (Lipinski definition) is 1. The van der Waals surface area contributed by atoms with Crippen LogP contribution in [0.2, 0.25) is 5.02 Å². The molecule has 4 heterocycles. The second kappa shape index (κ2) is 9.78. The van der Waals surface area contributed by atoms with Gasteiger partial charge in [0.15, 0.2) is 6.17 Å². The maximum absolute atomic E-state index is 15.4. The summed E-state index contributed by atoms with van der Waals surface area (Å²) in [6.45, 7) is 3.24. The van der Waals surface area contributed by atoms with E-state index in [1.54, 1.807) is 0 Å². The van der Waals surface area contributed by atoms with Crippen LogP contribution in [0.1, 0.15) is 54.7 Å². The number of rotatable bonds is 6. The SMILES string of the molecule is CCCN1C2CCC1C(F)C(Oc1cc(F)ccc1C(=O)N1CC(=N)C(c3ncc(Cl)cn3)C1)C2. The largest absolute Gasteiger partial charge is 0.486 e. The molecule has 0 saturated carbocycles. The Morgan fingerprint density at radius 3 is 2.80 bits per heavy atom. The van der Waals surface area contributed by atoms with Crippen LogP contribution in [0, 0.1) is 11.2 Å². The van der Waals surface area contributed by atoms with Crippen LogP contribution in [-0.2, 0) is 0 Å². The fourth-order valence-electron chi connectivity index (χ4n) is 5.64. The van der Waals surface area contributed by atoms with Crippen LogP contribution in [-0.4, -0.2) is 75.4 Å². The lowest BCUT2D eigenvalue weighted by Gasteiger charge is -2.41. The van der Waals surface area contributed by atoms with Crippen molar-refractivity contribution in [2.24, 2.45) is 0 Å². The normalized spacial score (nSPS) is 28.5. The van der Waals surface area contributed by atoms with E-state index < -0.39 is 29.9 Å². The van der Waals surface area contributed by atoms with E-state index in [0.717, 1.165) is 31.9 Å². The summed E-state index contributed by atoms with van der Waals surface area (Å²) >= 11 is 5.86. The van der Waals surface area contributed by atoms with E-state index >= 15 is 4.39 Å². The van der Waals surface area contributed by atoms with Gasteiger partial charge in [-0.2, -0.15) is 0 Å². The molecule has 1 aromatic heterocycles. The number of alkyl halides is 1. The van der Waals surface area contributed by atoms with Gasteiger partial charge in [0.1, 0.15) is 23.5 Å². The van der Waals surface area contributed by atoms with Crippen molar-refractivity contribution in [3.8, 4) is 5.75 Å². The number of ether oxygens (including phenoxy) is 1. The molecule has 3 fully saturated rings. The van der Waals surface area contributed by atoms with Crippen molar-refractivity contribution in [3.05, 3.63) is 52.8 Å². The standard InChI is InChI=1S/C25H28ClF2N5O2/c1-2-7-33-16-4-6-20(33)23(28)22(9-16)35-21-8-15(27)3-5-17(21)25(34)32-12-18(19(29)13-32)24-30-10-14(26)11-31-24/h3,5,8,10-11,16,18,20,22-23,29H,2,4,6-7,9,12-13H2,1H3. The lowest BCUT2D eigenvalue weighted by molar-refractivity contribution is -0.0227. The maximum Gasteiger partial charge on any atom is 0.257 e. The van der Waals surface area contributed by atoms with Crippen LogP contribution in [0.4, 0.5) is 8.78 Å². The number of halogens is 3. The molecule has 35 heavy (non-hydrogen) atoms. The molecule has 186 valence electrons. The lowest BCUT2D eigenvalue weighted by Crippen LogP contribution is -2.54. The molecule has 1 amide bonds. The van der Waals surface area contributed by atoms with Crippen molar-refractivity contribution in [3.63, 3.8) is 0 Å². The topological polar surface area (TPSA) is 82.4 Å². The molecular weight excluding hydrogens is 476 g/mol. The second-order valence-corrected chi connectivity index (χ2v) is 9.97. The zero-order chi connectivity index (χ0) is 24.7. The third-order valence-corrected chi connectivity index (χ3v) is 7.47. The van der Waals surface area contributed by atoms with Crippen molar-refractivity contribution < 1.29 is 18.3 Å². The minimum Gasteiger partial charge on any atom is -0.486 e.